The van der Waals surface area contributed by atoms with E-state index in [4.69, 9.17) is 0 Å². The maximum atomic E-state index is 10.0. The van der Waals surface area contributed by atoms with Crippen molar-refractivity contribution in [3.63, 3.8) is 0 Å². The summed E-state index contributed by atoms with van der Waals surface area (Å²) < 4.78 is 0. The van der Waals surface area contributed by atoms with Crippen molar-refractivity contribution < 1.29 is 40.9 Å². The summed E-state index contributed by atoms with van der Waals surface area (Å²) in [7, 11) is 0. The third kappa shape index (κ3) is 31.8. The maximum Gasteiger partial charge on any atom is 4.00 e. The van der Waals surface area contributed by atoms with Crippen LogP contribution < -0.4 is 0 Å². The summed E-state index contributed by atoms with van der Waals surface area (Å²) in [6.07, 6.45) is 0.167. The van der Waals surface area contributed by atoms with Crippen LogP contribution in [0.3, 0.4) is 0 Å². The molecule has 0 aliphatic rings. The first kappa shape index (κ1) is 19.9. The quantitative estimate of drug-likeness (QED) is 0.552. The zero-order valence-corrected chi connectivity index (χ0v) is 11.1. The summed E-state index contributed by atoms with van der Waals surface area (Å²) in [6, 6.07) is 0. The Labute approximate surface area is 105 Å². The van der Waals surface area contributed by atoms with Crippen molar-refractivity contribution in [3.8, 4) is 0 Å². The molecule has 0 aliphatic heterocycles. The van der Waals surface area contributed by atoms with Crippen molar-refractivity contribution in [2.45, 2.75) is 40.5 Å². The summed E-state index contributed by atoms with van der Waals surface area (Å²) in [5.41, 5.74) is 0. The van der Waals surface area contributed by atoms with Crippen LogP contribution in [-0.4, -0.2) is 23.1 Å². The molecular weight excluding hydrogens is 232 g/mol. The van der Waals surface area contributed by atoms with Crippen LogP contribution in [-0.2, 0) is 40.9 Å². The summed E-state index contributed by atoms with van der Waals surface area (Å²) in [5.74, 6) is -0.250. The van der Waals surface area contributed by atoms with E-state index in [-0.39, 0.29) is 57.7 Å². The number of Topliss-reactive ketones (excluding diaryl/α,β-unsaturated/α-hetero) is 4. The normalized spacial score (nSPS) is 7.73. The monoisotopic (exact) mass is 248 g/mol. The molecule has 0 aromatic carbocycles. The van der Waals surface area contributed by atoms with Crippen LogP contribution in [0.4, 0.5) is 0 Å². The van der Waals surface area contributed by atoms with Gasteiger partial charge in [0.15, 0.2) is 0 Å². The molecule has 0 fully saturated rings. The Kier molecular flexibility index (Phi) is 15.2. The zero-order valence-electron chi connectivity index (χ0n) is 9.55. The van der Waals surface area contributed by atoms with E-state index in [2.05, 4.69) is 0 Å². The topological polar surface area (TPSA) is 68.3 Å². The van der Waals surface area contributed by atoms with Crippen molar-refractivity contribution in [3.05, 3.63) is 0 Å². The van der Waals surface area contributed by atoms with Gasteiger partial charge in [-0.1, -0.05) is 0 Å². The van der Waals surface area contributed by atoms with Gasteiger partial charge < -0.3 is 0 Å². The first-order chi connectivity index (χ1) is 6.25. The SMILES string of the molecule is CC(=O)CC(C)=O.CC(=O)CC(C)=O.[Ti+4]. The fourth-order valence-corrected chi connectivity index (χ4v) is 0.701. The van der Waals surface area contributed by atoms with Gasteiger partial charge in [-0.25, -0.2) is 0 Å². The minimum Gasteiger partial charge on any atom is -0.300 e. The summed E-state index contributed by atoms with van der Waals surface area (Å²) >= 11 is 0. The van der Waals surface area contributed by atoms with Crippen LogP contribution in [0.25, 0.3) is 0 Å². The second-order valence-electron chi connectivity index (χ2n) is 3.16. The number of carbonyl (C=O) groups excluding carboxylic acids is 4. The van der Waals surface area contributed by atoms with Crippen molar-refractivity contribution in [2.75, 3.05) is 0 Å². The number of hydrogen-bond acceptors (Lipinski definition) is 4. The molecule has 0 atom stereocenters. The van der Waals surface area contributed by atoms with Gasteiger partial charge in [0, 0.05) is 0 Å². The van der Waals surface area contributed by atoms with Gasteiger partial charge >= 0.3 is 21.7 Å². The Morgan fingerprint density at radius 1 is 0.600 bits per heavy atom. The Morgan fingerprint density at radius 3 is 0.733 bits per heavy atom. The van der Waals surface area contributed by atoms with Crippen LogP contribution in [0.5, 0.6) is 0 Å². The molecule has 0 N–H and O–H groups in total. The van der Waals surface area contributed by atoms with Crippen LogP contribution >= 0.6 is 0 Å². The predicted octanol–water partition coefficient (Wildman–Crippen LogP) is 1.11. The molecule has 0 saturated heterocycles. The Morgan fingerprint density at radius 2 is 0.733 bits per heavy atom. The van der Waals surface area contributed by atoms with Gasteiger partial charge in [0.1, 0.15) is 23.1 Å². The fourth-order valence-electron chi connectivity index (χ4n) is 0.701. The summed E-state index contributed by atoms with van der Waals surface area (Å²) in [6.45, 7) is 5.62. The number of carbonyl (C=O) groups is 4. The number of rotatable bonds is 4. The van der Waals surface area contributed by atoms with Gasteiger partial charge in [-0.05, 0) is 27.7 Å². The van der Waals surface area contributed by atoms with Gasteiger partial charge in [-0.15, -0.1) is 0 Å². The third-order valence-corrected chi connectivity index (χ3v) is 0.996. The first-order valence-corrected chi connectivity index (χ1v) is 4.23. The second kappa shape index (κ2) is 11.5. The molecule has 0 heterocycles. The summed E-state index contributed by atoms with van der Waals surface area (Å²) in [5, 5.41) is 0. The Bertz CT molecular complexity index is 196. The van der Waals surface area contributed by atoms with E-state index in [1.807, 2.05) is 0 Å². The molecule has 4 nitrogen and oxygen atoms in total. The molecule has 80 valence electrons. The van der Waals surface area contributed by atoms with Crippen molar-refractivity contribution >= 4 is 23.1 Å². The molecule has 0 rings (SSSR count). The van der Waals surface area contributed by atoms with E-state index < -0.39 is 0 Å². The van der Waals surface area contributed by atoms with Gasteiger partial charge in [0.05, 0.1) is 12.8 Å². The minimum absolute atomic E-state index is 0. The van der Waals surface area contributed by atoms with Gasteiger partial charge in [0.25, 0.3) is 0 Å². The molecule has 0 spiro atoms. The molecule has 15 heavy (non-hydrogen) atoms. The zero-order chi connectivity index (χ0) is 11.7. The molecule has 0 aliphatic carbocycles. The summed E-state index contributed by atoms with van der Waals surface area (Å²) in [4.78, 5) is 40.1. The number of ketones is 4. The van der Waals surface area contributed by atoms with E-state index in [0.29, 0.717) is 0 Å². The van der Waals surface area contributed by atoms with Crippen LogP contribution in [0.1, 0.15) is 40.5 Å². The van der Waals surface area contributed by atoms with Gasteiger partial charge in [0.2, 0.25) is 0 Å². The van der Waals surface area contributed by atoms with E-state index in [0.717, 1.165) is 0 Å². The van der Waals surface area contributed by atoms with E-state index >= 15 is 0 Å². The van der Waals surface area contributed by atoms with Crippen LogP contribution in [0.2, 0.25) is 0 Å². The van der Waals surface area contributed by atoms with Crippen LogP contribution in [0.15, 0.2) is 0 Å². The predicted molar refractivity (Wildman–Crippen MR) is 52.0 cm³/mol. The fraction of sp³-hybridized carbons (Fsp3) is 0.600. The molecule has 0 unspecified atom stereocenters. The second-order valence-corrected chi connectivity index (χ2v) is 3.16. The first-order valence-electron chi connectivity index (χ1n) is 4.23. The average Bonchev–Trinajstić information content (AvgIpc) is 1.79. The van der Waals surface area contributed by atoms with E-state index in [1.54, 1.807) is 0 Å². The number of hydrogen-bond donors (Lipinski definition) is 0. The Hall–Kier alpha value is -0.606. The van der Waals surface area contributed by atoms with Crippen molar-refractivity contribution in [2.24, 2.45) is 0 Å². The third-order valence-electron chi connectivity index (χ3n) is 0.996. The van der Waals surface area contributed by atoms with E-state index in [9.17, 15) is 19.2 Å². The standard InChI is InChI=1S/2C5H8O2.Ti/c2*1-4(6)3-5(2)7;/h2*3H2,1-2H3;/q;;+4. The molecular formula is C10H16O4Ti+4. The maximum absolute atomic E-state index is 10.0. The molecule has 0 aromatic rings. The molecule has 0 amide bonds. The van der Waals surface area contributed by atoms with Crippen molar-refractivity contribution in [1.82, 2.24) is 0 Å². The smallest absolute Gasteiger partial charge is 0.300 e. The molecule has 0 saturated carbocycles. The molecule has 5 heteroatoms. The molecule has 0 aromatic heterocycles. The minimum atomic E-state index is -0.0625. The molecule has 0 radical (unpaired) electrons. The van der Waals surface area contributed by atoms with Gasteiger partial charge in [-0.2, -0.15) is 0 Å². The van der Waals surface area contributed by atoms with Crippen molar-refractivity contribution in [1.29, 1.82) is 0 Å². The Balaban J connectivity index is -0.000000180. The molecule has 0 bridgehead atoms. The largest absolute Gasteiger partial charge is 4.00 e. The van der Waals surface area contributed by atoms with Gasteiger partial charge in [-0.3, -0.25) is 19.2 Å². The van der Waals surface area contributed by atoms with E-state index in [1.165, 1.54) is 27.7 Å². The average molecular weight is 248 g/mol. The van der Waals surface area contributed by atoms with Crippen LogP contribution in [0, 0.1) is 0 Å².